The van der Waals surface area contributed by atoms with Crippen molar-refractivity contribution < 1.29 is 14.1 Å². The molecule has 0 N–H and O–H groups in total. The Bertz CT molecular complexity index is 1060. The summed E-state index contributed by atoms with van der Waals surface area (Å²) < 4.78 is 12.1. The predicted octanol–water partition coefficient (Wildman–Crippen LogP) is 2.58. The van der Waals surface area contributed by atoms with E-state index in [9.17, 15) is 9.59 Å². The van der Waals surface area contributed by atoms with E-state index in [1.165, 1.54) is 11.3 Å². The molecule has 0 spiro atoms. The van der Waals surface area contributed by atoms with Crippen molar-refractivity contribution >= 4 is 27.5 Å². The summed E-state index contributed by atoms with van der Waals surface area (Å²) >= 11 is 1.19. The minimum atomic E-state index is -0.514. The molecule has 0 unspecified atom stereocenters. The van der Waals surface area contributed by atoms with Crippen molar-refractivity contribution in [2.24, 2.45) is 0 Å². The summed E-state index contributed by atoms with van der Waals surface area (Å²) in [7, 11) is 0. The Balaban J connectivity index is 1.60. The van der Waals surface area contributed by atoms with Gasteiger partial charge in [-0.15, -0.1) is 11.3 Å². The summed E-state index contributed by atoms with van der Waals surface area (Å²) in [4.78, 5) is 34.9. The van der Waals surface area contributed by atoms with E-state index in [0.29, 0.717) is 33.0 Å². The standard InChI is InChI=1S/C17H18N4O4S/c1-8(2)14-19-11(25-20-14)7-24-17(23)13-9(3)12-15(26-13)18-10-5-4-6-21(10)16(12)22/h8H,4-7H2,1-3H3. The molecule has 0 saturated heterocycles. The van der Waals surface area contributed by atoms with Gasteiger partial charge >= 0.3 is 5.97 Å². The highest BCUT2D eigenvalue weighted by atomic mass is 32.1. The topological polar surface area (TPSA) is 100 Å². The van der Waals surface area contributed by atoms with E-state index in [2.05, 4.69) is 15.1 Å². The van der Waals surface area contributed by atoms with E-state index in [1.54, 1.807) is 11.5 Å². The van der Waals surface area contributed by atoms with Crippen LogP contribution in [0, 0.1) is 6.92 Å². The van der Waals surface area contributed by atoms with E-state index < -0.39 is 5.97 Å². The summed E-state index contributed by atoms with van der Waals surface area (Å²) in [6.45, 7) is 6.23. The van der Waals surface area contributed by atoms with Crippen molar-refractivity contribution in [1.82, 2.24) is 19.7 Å². The molecule has 1 aliphatic heterocycles. The second-order valence-electron chi connectivity index (χ2n) is 6.60. The van der Waals surface area contributed by atoms with Gasteiger partial charge in [-0.2, -0.15) is 4.98 Å². The molecule has 26 heavy (non-hydrogen) atoms. The minimum absolute atomic E-state index is 0.0752. The molecule has 8 nitrogen and oxygen atoms in total. The zero-order valence-electron chi connectivity index (χ0n) is 14.7. The Labute approximate surface area is 152 Å². The number of nitrogens with zero attached hydrogens (tertiary/aromatic N) is 4. The number of aryl methyl sites for hydroxylation is 2. The summed E-state index contributed by atoms with van der Waals surface area (Å²) in [5.41, 5.74) is 0.539. The number of aromatic nitrogens is 4. The van der Waals surface area contributed by atoms with Gasteiger partial charge in [0.1, 0.15) is 15.5 Å². The highest BCUT2D eigenvalue weighted by Gasteiger charge is 2.24. The molecule has 136 valence electrons. The summed E-state index contributed by atoms with van der Waals surface area (Å²) in [6, 6.07) is 0. The van der Waals surface area contributed by atoms with Crippen LogP contribution in [0.2, 0.25) is 0 Å². The van der Waals surface area contributed by atoms with Crippen molar-refractivity contribution in [3.63, 3.8) is 0 Å². The van der Waals surface area contributed by atoms with E-state index in [0.717, 1.165) is 18.7 Å². The number of hydrogen-bond donors (Lipinski definition) is 0. The predicted molar refractivity (Wildman–Crippen MR) is 94.4 cm³/mol. The largest absolute Gasteiger partial charge is 0.451 e. The highest BCUT2D eigenvalue weighted by Crippen LogP contribution is 2.29. The fraction of sp³-hybridized carbons (Fsp3) is 0.471. The van der Waals surface area contributed by atoms with Crippen LogP contribution in [0.15, 0.2) is 9.32 Å². The monoisotopic (exact) mass is 374 g/mol. The lowest BCUT2D eigenvalue weighted by Crippen LogP contribution is -2.20. The van der Waals surface area contributed by atoms with Gasteiger partial charge in [-0.1, -0.05) is 19.0 Å². The maximum Gasteiger partial charge on any atom is 0.349 e. The Morgan fingerprint density at radius 1 is 1.38 bits per heavy atom. The van der Waals surface area contributed by atoms with Gasteiger partial charge in [-0.05, 0) is 18.9 Å². The zero-order chi connectivity index (χ0) is 18.4. The molecule has 0 aliphatic carbocycles. The summed E-state index contributed by atoms with van der Waals surface area (Å²) in [6.07, 6.45) is 1.72. The van der Waals surface area contributed by atoms with Gasteiger partial charge in [0, 0.05) is 18.9 Å². The smallest absolute Gasteiger partial charge is 0.349 e. The van der Waals surface area contributed by atoms with Crippen LogP contribution in [0.1, 0.15) is 59.0 Å². The quantitative estimate of drug-likeness (QED) is 0.647. The fourth-order valence-electron chi connectivity index (χ4n) is 3.02. The molecule has 0 amide bonds. The Kier molecular flexibility index (Phi) is 4.10. The summed E-state index contributed by atoms with van der Waals surface area (Å²) in [5.74, 6) is 1.22. The average Bonchev–Trinajstić information content (AvgIpc) is 3.31. The number of carbonyl (C=O) groups is 1. The molecule has 4 rings (SSSR count). The molecule has 0 radical (unpaired) electrons. The van der Waals surface area contributed by atoms with Crippen LogP contribution in [0.25, 0.3) is 10.2 Å². The van der Waals surface area contributed by atoms with Crippen LogP contribution >= 0.6 is 11.3 Å². The third-order valence-electron chi connectivity index (χ3n) is 4.42. The SMILES string of the molecule is Cc1c(C(=O)OCc2nc(C(C)C)no2)sc2nc3n(c(=O)c12)CCC3. The van der Waals surface area contributed by atoms with Gasteiger partial charge in [0.2, 0.25) is 0 Å². The molecular weight excluding hydrogens is 356 g/mol. The average molecular weight is 374 g/mol. The van der Waals surface area contributed by atoms with E-state index in [1.807, 2.05) is 13.8 Å². The number of hydrogen-bond acceptors (Lipinski definition) is 8. The van der Waals surface area contributed by atoms with Gasteiger partial charge in [0.25, 0.3) is 11.4 Å². The van der Waals surface area contributed by atoms with Crippen LogP contribution in [0.5, 0.6) is 0 Å². The number of esters is 1. The zero-order valence-corrected chi connectivity index (χ0v) is 15.6. The van der Waals surface area contributed by atoms with Crippen molar-refractivity contribution in [1.29, 1.82) is 0 Å². The van der Waals surface area contributed by atoms with Gasteiger partial charge in [-0.25, -0.2) is 9.78 Å². The van der Waals surface area contributed by atoms with Gasteiger partial charge < -0.3 is 9.26 Å². The Hall–Kier alpha value is -2.55. The van der Waals surface area contributed by atoms with Crippen molar-refractivity contribution in [2.45, 2.75) is 52.7 Å². The molecule has 0 atom stereocenters. The lowest BCUT2D eigenvalue weighted by Gasteiger charge is -2.02. The molecule has 0 saturated carbocycles. The van der Waals surface area contributed by atoms with Crippen molar-refractivity contribution in [3.8, 4) is 0 Å². The molecule has 3 aromatic heterocycles. The van der Waals surface area contributed by atoms with Crippen LogP contribution in [-0.4, -0.2) is 25.7 Å². The summed E-state index contributed by atoms with van der Waals surface area (Å²) in [5, 5.41) is 4.34. The number of fused-ring (bicyclic) bond motifs is 2. The minimum Gasteiger partial charge on any atom is -0.451 e. The molecule has 3 aromatic rings. The first-order valence-corrected chi connectivity index (χ1v) is 9.29. The maximum atomic E-state index is 12.7. The maximum absolute atomic E-state index is 12.7. The van der Waals surface area contributed by atoms with Crippen LogP contribution < -0.4 is 5.56 Å². The molecule has 1 aliphatic rings. The van der Waals surface area contributed by atoms with Gasteiger partial charge in [0.05, 0.1) is 5.39 Å². The van der Waals surface area contributed by atoms with Crippen LogP contribution in [-0.2, 0) is 24.3 Å². The lowest BCUT2D eigenvalue weighted by molar-refractivity contribution is 0.0435. The van der Waals surface area contributed by atoms with Crippen molar-refractivity contribution in [2.75, 3.05) is 0 Å². The third kappa shape index (κ3) is 2.72. The third-order valence-corrected chi connectivity index (χ3v) is 5.59. The van der Waals surface area contributed by atoms with Gasteiger partial charge in [0.15, 0.2) is 12.4 Å². The first kappa shape index (κ1) is 16.9. The fourth-order valence-corrected chi connectivity index (χ4v) is 4.11. The number of ether oxygens (including phenoxy) is 1. The Morgan fingerprint density at radius 3 is 2.92 bits per heavy atom. The van der Waals surface area contributed by atoms with Gasteiger partial charge in [-0.3, -0.25) is 9.36 Å². The number of rotatable bonds is 4. The molecule has 0 bridgehead atoms. The van der Waals surface area contributed by atoms with E-state index >= 15 is 0 Å². The molecule has 0 aromatic carbocycles. The molecule has 9 heteroatoms. The first-order chi connectivity index (χ1) is 12.5. The van der Waals surface area contributed by atoms with Crippen molar-refractivity contribution in [3.05, 3.63) is 38.3 Å². The van der Waals surface area contributed by atoms with Crippen LogP contribution in [0.3, 0.4) is 0 Å². The number of carbonyl (C=O) groups excluding carboxylic acids is 1. The Morgan fingerprint density at radius 2 is 2.19 bits per heavy atom. The van der Waals surface area contributed by atoms with E-state index in [4.69, 9.17) is 9.26 Å². The second kappa shape index (κ2) is 6.31. The number of thiophene rings is 1. The molecule has 0 fully saturated rings. The van der Waals surface area contributed by atoms with Crippen LogP contribution in [0.4, 0.5) is 0 Å². The molecular formula is C17H18N4O4S. The van der Waals surface area contributed by atoms with E-state index in [-0.39, 0.29) is 24.0 Å². The first-order valence-electron chi connectivity index (χ1n) is 8.48. The highest BCUT2D eigenvalue weighted by molar-refractivity contribution is 7.20. The molecule has 4 heterocycles. The lowest BCUT2D eigenvalue weighted by atomic mass is 10.2. The second-order valence-corrected chi connectivity index (χ2v) is 7.60. The normalized spacial score (nSPS) is 13.5.